The molecule has 0 saturated heterocycles. The Morgan fingerprint density at radius 2 is 2.07 bits per heavy atom. The Kier molecular flexibility index (Phi) is 5.13. The molecule has 152 valence electrons. The van der Waals surface area contributed by atoms with Crippen LogP contribution in [0.15, 0.2) is 11.3 Å². The van der Waals surface area contributed by atoms with E-state index in [-0.39, 0.29) is 17.6 Å². The second-order valence-electron chi connectivity index (χ2n) is 8.27. The summed E-state index contributed by atoms with van der Waals surface area (Å²) in [6.45, 7) is 3.01. The number of hydrazone groups is 1. The molecule has 3 aliphatic rings. The molecule has 10 heteroatoms. The molecule has 3 N–H and O–H groups in total. The molecule has 28 heavy (non-hydrogen) atoms. The largest absolute Gasteiger partial charge is 0.468 e. The van der Waals surface area contributed by atoms with Crippen LogP contribution in [0.5, 0.6) is 0 Å². The molecule has 1 aromatic heterocycles. The first-order valence-electron chi connectivity index (χ1n) is 9.98. The van der Waals surface area contributed by atoms with Crippen molar-refractivity contribution in [3.63, 3.8) is 0 Å². The average molecular weight is 405 g/mol. The molecule has 0 spiro atoms. The van der Waals surface area contributed by atoms with Crippen molar-refractivity contribution in [3.8, 4) is 0 Å². The first-order chi connectivity index (χ1) is 13.3. The lowest BCUT2D eigenvalue weighted by Gasteiger charge is -2.35. The number of hydrogen-bond acceptors (Lipinski definition) is 7. The van der Waals surface area contributed by atoms with Gasteiger partial charge in [-0.05, 0) is 38.6 Å². The Hall–Kier alpha value is -1.65. The summed E-state index contributed by atoms with van der Waals surface area (Å²) in [6, 6.07) is 0. The third-order valence-corrected chi connectivity index (χ3v) is 7.90. The van der Waals surface area contributed by atoms with Gasteiger partial charge < -0.3 is 15.3 Å². The smallest absolute Gasteiger partial charge is 0.428 e. The van der Waals surface area contributed by atoms with Crippen molar-refractivity contribution in [3.05, 3.63) is 17.3 Å². The molecule has 1 aromatic rings. The van der Waals surface area contributed by atoms with E-state index in [0.29, 0.717) is 5.92 Å². The molecule has 1 unspecified atom stereocenters. The zero-order valence-corrected chi connectivity index (χ0v) is 17.5. The standard InChI is InChI=1S/C18H28BN5O3S/c1-11-8-21-18-15(11)16-14(9-22-18)19(25)24(3)23-17(16)13-6-4-12(5-7-13)10-28(26,27)20-2/h9,11-13,20,25H,4-8,10H2,1-3H3,(H,21,22). The number of nitrogens with one attached hydrogen (secondary N) is 2. The number of pyridine rings is 1. The van der Waals surface area contributed by atoms with Crippen molar-refractivity contribution in [1.29, 1.82) is 0 Å². The molecule has 1 atom stereocenters. The van der Waals surface area contributed by atoms with E-state index in [9.17, 15) is 13.4 Å². The van der Waals surface area contributed by atoms with E-state index in [1.807, 2.05) is 0 Å². The SMILES string of the molecule is CNS(=O)(=O)CC1CCC(C2=NN(C)B(O)c3cnc4c(c32)C(C)CN4)CC1. The van der Waals surface area contributed by atoms with Gasteiger partial charge >= 0.3 is 7.05 Å². The van der Waals surface area contributed by atoms with Crippen LogP contribution in [-0.2, 0) is 10.0 Å². The second kappa shape index (κ2) is 7.31. The van der Waals surface area contributed by atoms with Crippen LogP contribution in [-0.4, -0.2) is 62.5 Å². The summed E-state index contributed by atoms with van der Waals surface area (Å²) in [4.78, 5) is 6.13. The van der Waals surface area contributed by atoms with E-state index in [1.165, 1.54) is 7.05 Å². The van der Waals surface area contributed by atoms with E-state index in [1.54, 1.807) is 18.2 Å². The van der Waals surface area contributed by atoms with Crippen molar-refractivity contribution in [2.24, 2.45) is 16.9 Å². The van der Waals surface area contributed by atoms with Crippen molar-refractivity contribution in [2.75, 3.05) is 31.7 Å². The molecule has 0 radical (unpaired) electrons. The fourth-order valence-electron chi connectivity index (χ4n) is 4.75. The predicted molar refractivity (Wildman–Crippen MR) is 111 cm³/mol. The Morgan fingerprint density at radius 1 is 1.36 bits per heavy atom. The fraction of sp³-hybridized carbons (Fsp3) is 0.667. The molecule has 8 nitrogen and oxygen atoms in total. The zero-order chi connectivity index (χ0) is 20.1. The Morgan fingerprint density at radius 3 is 2.75 bits per heavy atom. The van der Waals surface area contributed by atoms with Crippen LogP contribution >= 0.6 is 0 Å². The van der Waals surface area contributed by atoms with Crippen LogP contribution in [0, 0.1) is 11.8 Å². The molecule has 0 amide bonds. The van der Waals surface area contributed by atoms with Crippen LogP contribution < -0.4 is 15.5 Å². The molecule has 2 aliphatic heterocycles. The third kappa shape index (κ3) is 3.42. The maximum Gasteiger partial charge on any atom is 0.468 e. The van der Waals surface area contributed by atoms with Crippen LogP contribution in [0.1, 0.15) is 49.7 Å². The number of fused-ring (bicyclic) bond motifs is 3. The van der Waals surface area contributed by atoms with Gasteiger partial charge in [-0.3, -0.25) is 0 Å². The summed E-state index contributed by atoms with van der Waals surface area (Å²) in [5.41, 5.74) is 4.05. The minimum Gasteiger partial charge on any atom is -0.428 e. The molecule has 0 bridgehead atoms. The number of aromatic nitrogens is 1. The summed E-state index contributed by atoms with van der Waals surface area (Å²) >= 11 is 0. The van der Waals surface area contributed by atoms with Gasteiger partial charge in [-0.25, -0.2) is 18.1 Å². The lowest BCUT2D eigenvalue weighted by Crippen LogP contribution is -2.52. The number of sulfonamides is 1. The lowest BCUT2D eigenvalue weighted by atomic mass is 9.66. The van der Waals surface area contributed by atoms with Gasteiger partial charge in [-0.1, -0.05) is 6.92 Å². The van der Waals surface area contributed by atoms with Crippen LogP contribution in [0.4, 0.5) is 5.82 Å². The van der Waals surface area contributed by atoms with Gasteiger partial charge in [-0.15, -0.1) is 0 Å². The van der Waals surface area contributed by atoms with E-state index in [2.05, 4.69) is 21.9 Å². The van der Waals surface area contributed by atoms with E-state index >= 15 is 0 Å². The van der Waals surface area contributed by atoms with Crippen molar-refractivity contribution in [1.82, 2.24) is 14.6 Å². The van der Waals surface area contributed by atoms with Gasteiger partial charge in [0.1, 0.15) is 5.82 Å². The van der Waals surface area contributed by atoms with E-state index in [0.717, 1.165) is 60.3 Å². The zero-order valence-electron chi connectivity index (χ0n) is 16.6. The summed E-state index contributed by atoms with van der Waals surface area (Å²) in [5.74, 6) is 1.85. The lowest BCUT2D eigenvalue weighted by molar-refractivity contribution is 0.339. The fourth-order valence-corrected chi connectivity index (χ4v) is 5.87. The number of rotatable bonds is 4. The molecule has 0 aromatic carbocycles. The van der Waals surface area contributed by atoms with Crippen molar-refractivity contribution < 1.29 is 13.4 Å². The number of hydrogen-bond donors (Lipinski definition) is 3. The second-order valence-corrected chi connectivity index (χ2v) is 10.2. The maximum atomic E-state index is 11.9. The highest BCUT2D eigenvalue weighted by molar-refractivity contribution is 7.89. The van der Waals surface area contributed by atoms with Crippen molar-refractivity contribution in [2.45, 2.75) is 38.5 Å². The summed E-state index contributed by atoms with van der Waals surface area (Å²) in [7, 11) is -0.713. The van der Waals surface area contributed by atoms with Gasteiger partial charge in [-0.2, -0.15) is 5.10 Å². The van der Waals surface area contributed by atoms with Gasteiger partial charge in [0.05, 0.1) is 11.5 Å². The van der Waals surface area contributed by atoms with Crippen LogP contribution in [0.2, 0.25) is 0 Å². The maximum absolute atomic E-state index is 11.9. The van der Waals surface area contributed by atoms with Gasteiger partial charge in [0.2, 0.25) is 10.0 Å². The first-order valence-corrected chi connectivity index (χ1v) is 11.6. The van der Waals surface area contributed by atoms with E-state index in [4.69, 9.17) is 5.10 Å². The van der Waals surface area contributed by atoms with Crippen molar-refractivity contribution >= 4 is 34.1 Å². The van der Waals surface area contributed by atoms with Gasteiger partial charge in [0, 0.05) is 48.2 Å². The minimum absolute atomic E-state index is 0.185. The molecular weight excluding hydrogens is 377 g/mol. The minimum atomic E-state index is -3.18. The van der Waals surface area contributed by atoms with Crippen LogP contribution in [0.25, 0.3) is 0 Å². The molecule has 3 heterocycles. The normalized spacial score (nSPS) is 27.1. The van der Waals surface area contributed by atoms with Gasteiger partial charge in [0.25, 0.3) is 0 Å². The van der Waals surface area contributed by atoms with Gasteiger partial charge in [0.15, 0.2) is 0 Å². The average Bonchev–Trinajstić information content (AvgIpc) is 3.06. The number of anilines is 1. The van der Waals surface area contributed by atoms with E-state index < -0.39 is 17.1 Å². The summed E-state index contributed by atoms with van der Waals surface area (Å²) in [5, 5.41) is 18.8. The van der Waals surface area contributed by atoms with Crippen LogP contribution in [0.3, 0.4) is 0 Å². The third-order valence-electron chi connectivity index (χ3n) is 6.37. The summed E-state index contributed by atoms with van der Waals surface area (Å²) < 4.78 is 26.2. The monoisotopic (exact) mass is 405 g/mol. The Balaban J connectivity index is 1.62. The first kappa shape index (κ1) is 19.7. The highest BCUT2D eigenvalue weighted by Crippen LogP contribution is 2.38. The Labute approximate surface area is 167 Å². The predicted octanol–water partition coefficient (Wildman–Crippen LogP) is 0.303. The topological polar surface area (TPSA) is 107 Å². The molecular formula is C18H28BN5O3S. The molecule has 1 aliphatic carbocycles. The quantitative estimate of drug-likeness (QED) is 0.623. The Bertz CT molecular complexity index is 899. The number of nitrogens with zero attached hydrogens (tertiary/aromatic N) is 3. The molecule has 1 fully saturated rings. The highest BCUT2D eigenvalue weighted by atomic mass is 32.2. The summed E-state index contributed by atoms with van der Waals surface area (Å²) in [6.07, 6.45) is 5.32. The highest BCUT2D eigenvalue weighted by Gasteiger charge is 2.39. The molecule has 1 saturated carbocycles. The molecule has 4 rings (SSSR count).